The minimum absolute atomic E-state index is 0.227. The maximum absolute atomic E-state index is 12.1. The van der Waals surface area contributed by atoms with Gasteiger partial charge in [-0.25, -0.2) is 4.79 Å². The summed E-state index contributed by atoms with van der Waals surface area (Å²) in [6, 6.07) is 5.65. The van der Waals surface area contributed by atoms with Gasteiger partial charge in [-0.15, -0.1) is 11.3 Å². The Balaban J connectivity index is 1.72. The monoisotopic (exact) mass is 371 g/mol. The summed E-state index contributed by atoms with van der Waals surface area (Å²) >= 11 is 1.35. The molecule has 0 spiro atoms. The van der Waals surface area contributed by atoms with Crippen LogP contribution in [0.5, 0.6) is 0 Å². The van der Waals surface area contributed by atoms with Crippen LogP contribution in [0.1, 0.15) is 28.2 Å². The van der Waals surface area contributed by atoms with Crippen molar-refractivity contribution in [1.82, 2.24) is 5.32 Å². The third-order valence-corrected chi connectivity index (χ3v) is 5.16. The number of anilines is 1. The van der Waals surface area contributed by atoms with Gasteiger partial charge in [0.05, 0.1) is 11.8 Å². The molecule has 134 valence electrons. The van der Waals surface area contributed by atoms with Gasteiger partial charge in [0.25, 0.3) is 0 Å². The highest BCUT2D eigenvalue weighted by molar-refractivity contribution is 7.16. The molecule has 2 aromatic heterocycles. The number of rotatable bonds is 4. The second-order valence-electron chi connectivity index (χ2n) is 5.68. The molecule has 2 amide bonds. The lowest BCUT2D eigenvalue weighted by atomic mass is 9.94. The van der Waals surface area contributed by atoms with E-state index in [9.17, 15) is 14.9 Å². The number of furan rings is 1. The van der Waals surface area contributed by atoms with Crippen molar-refractivity contribution in [2.24, 2.45) is 0 Å². The molecule has 1 unspecified atom stereocenters. The Kier molecular flexibility index (Phi) is 5.39. The van der Waals surface area contributed by atoms with E-state index in [2.05, 4.69) is 16.7 Å². The SMILES string of the molecule is CNC(=O)OC1CCc2c(sc(NC(=O)/C=C/c3ccco3)c2C#N)C1. The number of carbonyl (C=O) groups is 2. The minimum Gasteiger partial charge on any atom is -0.465 e. The fraction of sp³-hybridized carbons (Fsp3) is 0.278. The first-order valence-electron chi connectivity index (χ1n) is 8.06. The van der Waals surface area contributed by atoms with Crippen LogP contribution in [0, 0.1) is 11.3 Å². The van der Waals surface area contributed by atoms with Crippen molar-refractivity contribution in [3.05, 3.63) is 46.2 Å². The molecule has 3 rings (SSSR count). The highest BCUT2D eigenvalue weighted by atomic mass is 32.1. The van der Waals surface area contributed by atoms with Gasteiger partial charge < -0.3 is 19.8 Å². The number of nitrogens with one attached hydrogen (secondary N) is 2. The molecule has 2 aromatic rings. The molecule has 0 saturated carbocycles. The Bertz CT molecular complexity index is 877. The first-order chi connectivity index (χ1) is 12.6. The molecule has 0 aliphatic heterocycles. The van der Waals surface area contributed by atoms with Crippen LogP contribution >= 0.6 is 11.3 Å². The van der Waals surface area contributed by atoms with Crippen LogP contribution in [0.25, 0.3) is 6.08 Å². The summed E-state index contributed by atoms with van der Waals surface area (Å²) in [7, 11) is 1.51. The molecule has 0 bridgehead atoms. The van der Waals surface area contributed by atoms with E-state index in [1.807, 2.05) is 0 Å². The van der Waals surface area contributed by atoms with Gasteiger partial charge in [0.1, 0.15) is 22.9 Å². The van der Waals surface area contributed by atoms with E-state index in [1.165, 1.54) is 30.7 Å². The molecule has 1 aliphatic rings. The van der Waals surface area contributed by atoms with Gasteiger partial charge >= 0.3 is 6.09 Å². The van der Waals surface area contributed by atoms with E-state index in [-0.39, 0.29) is 12.0 Å². The van der Waals surface area contributed by atoms with Crippen LogP contribution in [0.15, 0.2) is 28.9 Å². The van der Waals surface area contributed by atoms with E-state index in [4.69, 9.17) is 9.15 Å². The number of thiophene rings is 1. The molecule has 1 atom stereocenters. The molecule has 1 aliphatic carbocycles. The summed E-state index contributed by atoms with van der Waals surface area (Å²) in [5.41, 5.74) is 1.42. The number of ether oxygens (including phenoxy) is 1. The Morgan fingerprint density at radius 2 is 2.35 bits per heavy atom. The van der Waals surface area contributed by atoms with Gasteiger partial charge in [0, 0.05) is 24.4 Å². The van der Waals surface area contributed by atoms with E-state index in [1.54, 1.807) is 18.2 Å². The van der Waals surface area contributed by atoms with Crippen LogP contribution in [0.2, 0.25) is 0 Å². The molecular weight excluding hydrogens is 354 g/mol. The van der Waals surface area contributed by atoms with Crippen LogP contribution in [0.3, 0.4) is 0 Å². The molecule has 2 N–H and O–H groups in total. The predicted molar refractivity (Wildman–Crippen MR) is 96.8 cm³/mol. The fourth-order valence-corrected chi connectivity index (χ4v) is 4.04. The zero-order valence-corrected chi connectivity index (χ0v) is 14.9. The maximum Gasteiger partial charge on any atom is 0.407 e. The van der Waals surface area contributed by atoms with Crippen molar-refractivity contribution < 1.29 is 18.7 Å². The normalized spacial score (nSPS) is 15.9. The Morgan fingerprint density at radius 3 is 3.04 bits per heavy atom. The Morgan fingerprint density at radius 1 is 1.50 bits per heavy atom. The minimum atomic E-state index is -0.466. The van der Waals surface area contributed by atoms with Crippen LogP contribution in [-0.2, 0) is 22.4 Å². The van der Waals surface area contributed by atoms with Crippen molar-refractivity contribution in [1.29, 1.82) is 5.26 Å². The molecule has 7 nitrogen and oxygen atoms in total. The van der Waals surface area contributed by atoms with Gasteiger partial charge in [0.15, 0.2) is 0 Å². The molecule has 0 aromatic carbocycles. The van der Waals surface area contributed by atoms with Crippen molar-refractivity contribution in [2.75, 3.05) is 12.4 Å². The van der Waals surface area contributed by atoms with Gasteiger partial charge in [-0.3, -0.25) is 4.79 Å². The quantitative estimate of drug-likeness (QED) is 0.804. The summed E-state index contributed by atoms with van der Waals surface area (Å²) in [6.45, 7) is 0. The van der Waals surface area contributed by atoms with Gasteiger partial charge in [-0.1, -0.05) is 0 Å². The number of carbonyl (C=O) groups excluding carboxylic acids is 2. The summed E-state index contributed by atoms with van der Waals surface area (Å²) < 4.78 is 10.4. The zero-order valence-electron chi connectivity index (χ0n) is 14.1. The third-order valence-electron chi connectivity index (χ3n) is 3.99. The van der Waals surface area contributed by atoms with Crippen LogP contribution in [-0.4, -0.2) is 25.2 Å². The summed E-state index contributed by atoms with van der Waals surface area (Å²) in [6.07, 6.45) is 5.57. The summed E-state index contributed by atoms with van der Waals surface area (Å²) in [5, 5.41) is 15.2. The lowest BCUT2D eigenvalue weighted by Gasteiger charge is -2.22. The third kappa shape index (κ3) is 3.95. The van der Waals surface area contributed by atoms with E-state index in [0.29, 0.717) is 35.6 Å². The largest absolute Gasteiger partial charge is 0.465 e. The van der Waals surface area contributed by atoms with Gasteiger partial charge in [-0.2, -0.15) is 5.26 Å². The van der Waals surface area contributed by atoms with E-state index in [0.717, 1.165) is 10.4 Å². The van der Waals surface area contributed by atoms with Gasteiger partial charge in [-0.05, 0) is 36.6 Å². The number of nitriles is 1. The van der Waals surface area contributed by atoms with Crippen molar-refractivity contribution in [3.8, 4) is 6.07 Å². The summed E-state index contributed by atoms with van der Waals surface area (Å²) in [5.74, 6) is 0.231. The van der Waals surface area contributed by atoms with Gasteiger partial charge in [0.2, 0.25) is 5.91 Å². The van der Waals surface area contributed by atoms with Crippen molar-refractivity contribution >= 4 is 34.4 Å². The lowest BCUT2D eigenvalue weighted by Crippen LogP contribution is -2.29. The standard InChI is InChI=1S/C18H17N3O4S/c1-20-18(23)25-12-4-6-13-14(10-19)17(26-15(13)9-12)21-16(22)7-5-11-3-2-8-24-11/h2-3,5,7-8,12H,4,6,9H2,1H3,(H,20,23)(H,21,22)/b7-5+. The maximum atomic E-state index is 12.1. The fourth-order valence-electron chi connectivity index (χ4n) is 2.77. The number of nitrogens with zero attached hydrogens (tertiary/aromatic N) is 1. The predicted octanol–water partition coefficient (Wildman–Crippen LogP) is 3.08. The second kappa shape index (κ2) is 7.89. The second-order valence-corrected chi connectivity index (χ2v) is 6.78. The molecule has 0 saturated heterocycles. The molecular formula is C18H17N3O4S. The molecule has 8 heteroatoms. The molecule has 0 fully saturated rings. The number of hydrogen-bond donors (Lipinski definition) is 2. The molecule has 0 radical (unpaired) electrons. The number of hydrogen-bond acceptors (Lipinski definition) is 6. The summed E-state index contributed by atoms with van der Waals surface area (Å²) in [4.78, 5) is 24.5. The first-order valence-corrected chi connectivity index (χ1v) is 8.88. The Labute approximate surface area is 154 Å². The topological polar surface area (TPSA) is 104 Å². The average molecular weight is 371 g/mol. The highest BCUT2D eigenvalue weighted by Crippen LogP contribution is 2.38. The molecule has 26 heavy (non-hydrogen) atoms. The van der Waals surface area contributed by atoms with Crippen molar-refractivity contribution in [3.63, 3.8) is 0 Å². The van der Waals surface area contributed by atoms with E-state index >= 15 is 0 Å². The molecule has 2 heterocycles. The Hall–Kier alpha value is -3.05. The lowest BCUT2D eigenvalue weighted by molar-refractivity contribution is -0.111. The highest BCUT2D eigenvalue weighted by Gasteiger charge is 2.28. The van der Waals surface area contributed by atoms with Crippen LogP contribution < -0.4 is 10.6 Å². The smallest absolute Gasteiger partial charge is 0.407 e. The average Bonchev–Trinajstić information content (AvgIpc) is 3.26. The zero-order chi connectivity index (χ0) is 18.5. The van der Waals surface area contributed by atoms with E-state index < -0.39 is 6.09 Å². The first kappa shape index (κ1) is 17.8. The van der Waals surface area contributed by atoms with Crippen molar-refractivity contribution in [2.45, 2.75) is 25.4 Å². The number of fused-ring (bicyclic) bond motifs is 1. The number of amides is 2. The van der Waals surface area contributed by atoms with Crippen LogP contribution in [0.4, 0.5) is 9.80 Å². The number of alkyl carbamates (subject to hydrolysis) is 1.